The van der Waals surface area contributed by atoms with Gasteiger partial charge in [-0.3, -0.25) is 9.78 Å². The summed E-state index contributed by atoms with van der Waals surface area (Å²) in [7, 11) is 0. The van der Waals surface area contributed by atoms with Crippen LogP contribution in [0, 0.1) is 5.82 Å². The predicted molar refractivity (Wildman–Crippen MR) is 77.0 cm³/mol. The van der Waals surface area contributed by atoms with E-state index < -0.39 is 5.82 Å². The molecule has 0 spiro atoms. The molecule has 0 saturated heterocycles. The maximum absolute atomic E-state index is 13.9. The first-order valence-electron chi connectivity index (χ1n) is 5.90. The smallest absolute Gasteiger partial charge is 0.250 e. The molecule has 102 valence electrons. The van der Waals surface area contributed by atoms with E-state index in [0.29, 0.717) is 11.3 Å². The van der Waals surface area contributed by atoms with Gasteiger partial charge in [0, 0.05) is 11.8 Å². The Morgan fingerprint density at radius 2 is 2.20 bits per heavy atom. The SMILES string of the molecule is C=CC(=O)N(Cc1cccc(Cl)c1F)c1cccnc1. The molecule has 5 heteroatoms. The first kappa shape index (κ1) is 14.2. The summed E-state index contributed by atoms with van der Waals surface area (Å²) in [5, 5.41) is 0.0275. The highest BCUT2D eigenvalue weighted by Crippen LogP contribution is 2.22. The number of aromatic nitrogens is 1. The molecule has 20 heavy (non-hydrogen) atoms. The van der Waals surface area contributed by atoms with Gasteiger partial charge in [-0.2, -0.15) is 0 Å². The lowest BCUT2D eigenvalue weighted by molar-refractivity contribution is -0.114. The Balaban J connectivity index is 2.36. The molecule has 0 saturated carbocycles. The van der Waals surface area contributed by atoms with Gasteiger partial charge in [0.05, 0.1) is 23.5 Å². The van der Waals surface area contributed by atoms with E-state index >= 15 is 0 Å². The number of hydrogen-bond donors (Lipinski definition) is 0. The molecule has 0 unspecified atom stereocenters. The minimum atomic E-state index is -0.528. The second-order valence-electron chi connectivity index (χ2n) is 4.05. The fourth-order valence-corrected chi connectivity index (χ4v) is 1.96. The quantitative estimate of drug-likeness (QED) is 0.806. The van der Waals surface area contributed by atoms with Gasteiger partial charge in [0.1, 0.15) is 5.82 Å². The monoisotopic (exact) mass is 290 g/mol. The number of anilines is 1. The third kappa shape index (κ3) is 3.03. The molecular formula is C15H12ClFN2O. The third-order valence-corrected chi connectivity index (χ3v) is 3.05. The predicted octanol–water partition coefficient (Wildman–Crippen LogP) is 3.59. The lowest BCUT2D eigenvalue weighted by atomic mass is 10.2. The highest BCUT2D eigenvalue weighted by Gasteiger charge is 2.16. The maximum atomic E-state index is 13.9. The van der Waals surface area contributed by atoms with Crippen LogP contribution >= 0.6 is 11.6 Å². The van der Waals surface area contributed by atoms with Crippen LogP contribution in [0.2, 0.25) is 5.02 Å². The van der Waals surface area contributed by atoms with Crippen LogP contribution in [-0.4, -0.2) is 10.9 Å². The highest BCUT2D eigenvalue weighted by molar-refractivity contribution is 6.30. The summed E-state index contributed by atoms with van der Waals surface area (Å²) in [5.41, 5.74) is 0.897. The minimum Gasteiger partial charge on any atom is -0.303 e. The number of nitrogens with zero attached hydrogens (tertiary/aromatic N) is 2. The number of halogens is 2. The van der Waals surface area contributed by atoms with Crippen LogP contribution in [0.15, 0.2) is 55.4 Å². The summed E-state index contributed by atoms with van der Waals surface area (Å²) in [4.78, 5) is 17.3. The van der Waals surface area contributed by atoms with Gasteiger partial charge in [0.15, 0.2) is 0 Å². The molecule has 1 aromatic carbocycles. The molecule has 0 aliphatic carbocycles. The van der Waals surface area contributed by atoms with Gasteiger partial charge in [-0.25, -0.2) is 4.39 Å². The summed E-state index contributed by atoms with van der Waals surface area (Å²) in [6.45, 7) is 3.52. The number of rotatable bonds is 4. The normalized spacial score (nSPS) is 10.1. The lowest BCUT2D eigenvalue weighted by Gasteiger charge is -2.21. The Bertz CT molecular complexity index is 631. The van der Waals surface area contributed by atoms with Crippen molar-refractivity contribution in [2.75, 3.05) is 4.90 Å². The van der Waals surface area contributed by atoms with E-state index in [1.807, 2.05) is 0 Å². The molecule has 0 radical (unpaired) electrons. The average molecular weight is 291 g/mol. The number of hydrogen-bond acceptors (Lipinski definition) is 2. The third-order valence-electron chi connectivity index (χ3n) is 2.76. The largest absolute Gasteiger partial charge is 0.303 e. The molecule has 0 aliphatic rings. The van der Waals surface area contributed by atoms with E-state index in [4.69, 9.17) is 11.6 Å². The second kappa shape index (κ2) is 6.30. The Labute approximate surface area is 121 Å². The molecular weight excluding hydrogens is 279 g/mol. The van der Waals surface area contributed by atoms with Crippen LogP contribution in [0.25, 0.3) is 0 Å². The average Bonchev–Trinajstić information content (AvgIpc) is 2.49. The van der Waals surface area contributed by atoms with Gasteiger partial charge in [0.2, 0.25) is 0 Å². The molecule has 0 atom stereocenters. The van der Waals surface area contributed by atoms with Crippen molar-refractivity contribution in [3.63, 3.8) is 0 Å². The molecule has 0 fully saturated rings. The second-order valence-corrected chi connectivity index (χ2v) is 4.46. The minimum absolute atomic E-state index is 0.0275. The van der Waals surface area contributed by atoms with E-state index in [9.17, 15) is 9.18 Å². The molecule has 0 aliphatic heterocycles. The van der Waals surface area contributed by atoms with Crippen molar-refractivity contribution in [3.8, 4) is 0 Å². The molecule has 0 N–H and O–H groups in total. The Hall–Kier alpha value is -2.20. The van der Waals surface area contributed by atoms with Gasteiger partial charge in [-0.15, -0.1) is 0 Å². The van der Waals surface area contributed by atoms with E-state index in [1.54, 1.807) is 30.5 Å². The lowest BCUT2D eigenvalue weighted by Crippen LogP contribution is -2.29. The van der Waals surface area contributed by atoms with Gasteiger partial charge >= 0.3 is 0 Å². The van der Waals surface area contributed by atoms with Crippen LogP contribution in [0.3, 0.4) is 0 Å². The summed E-state index contributed by atoms with van der Waals surface area (Å²) in [6, 6.07) is 8.11. The summed E-state index contributed by atoms with van der Waals surface area (Å²) >= 11 is 5.75. The fraction of sp³-hybridized carbons (Fsp3) is 0.0667. The van der Waals surface area contributed by atoms with Crippen molar-refractivity contribution in [3.05, 3.63) is 71.8 Å². The maximum Gasteiger partial charge on any atom is 0.250 e. The zero-order valence-corrected chi connectivity index (χ0v) is 11.3. The zero-order valence-electron chi connectivity index (χ0n) is 10.6. The van der Waals surface area contributed by atoms with Gasteiger partial charge in [-0.1, -0.05) is 30.3 Å². The molecule has 1 heterocycles. The highest BCUT2D eigenvalue weighted by atomic mass is 35.5. The van der Waals surface area contributed by atoms with Gasteiger partial charge in [-0.05, 0) is 24.3 Å². The molecule has 0 bridgehead atoms. The topological polar surface area (TPSA) is 33.2 Å². The van der Waals surface area contributed by atoms with Crippen LogP contribution in [0.5, 0.6) is 0 Å². The fourth-order valence-electron chi connectivity index (χ4n) is 1.76. The summed E-state index contributed by atoms with van der Waals surface area (Å²) < 4.78 is 13.9. The van der Waals surface area contributed by atoms with E-state index in [-0.39, 0.29) is 17.5 Å². The van der Waals surface area contributed by atoms with Crippen LogP contribution in [0.4, 0.5) is 10.1 Å². The molecule has 1 aromatic heterocycles. The Morgan fingerprint density at radius 3 is 2.85 bits per heavy atom. The van der Waals surface area contributed by atoms with Crippen molar-refractivity contribution in [2.45, 2.75) is 6.54 Å². The van der Waals surface area contributed by atoms with Crippen LogP contribution < -0.4 is 4.90 Å². The number of carbonyl (C=O) groups excluding carboxylic acids is 1. The first-order valence-corrected chi connectivity index (χ1v) is 6.28. The van der Waals surface area contributed by atoms with Crippen molar-refractivity contribution in [1.82, 2.24) is 4.98 Å². The zero-order chi connectivity index (χ0) is 14.5. The number of amides is 1. The number of carbonyl (C=O) groups is 1. The van der Waals surface area contributed by atoms with Crippen molar-refractivity contribution in [1.29, 1.82) is 0 Å². The van der Waals surface area contributed by atoms with E-state index in [1.165, 1.54) is 23.2 Å². The van der Waals surface area contributed by atoms with Gasteiger partial charge < -0.3 is 4.90 Å². The summed E-state index contributed by atoms with van der Waals surface area (Å²) in [5.74, 6) is -0.864. The molecule has 2 rings (SSSR count). The number of benzene rings is 1. The number of pyridine rings is 1. The van der Waals surface area contributed by atoms with Gasteiger partial charge in [0.25, 0.3) is 5.91 Å². The van der Waals surface area contributed by atoms with E-state index in [2.05, 4.69) is 11.6 Å². The first-order chi connectivity index (χ1) is 9.63. The molecule has 1 amide bonds. The standard InChI is InChI=1S/C15H12ClFN2O/c1-2-14(20)19(12-6-4-8-18-9-12)10-11-5-3-7-13(16)15(11)17/h2-9H,1,10H2. The van der Waals surface area contributed by atoms with E-state index in [0.717, 1.165) is 0 Å². The molecule has 3 nitrogen and oxygen atoms in total. The Kier molecular flexibility index (Phi) is 4.48. The van der Waals surface area contributed by atoms with Crippen molar-refractivity contribution < 1.29 is 9.18 Å². The summed E-state index contributed by atoms with van der Waals surface area (Å²) in [6.07, 6.45) is 4.30. The van der Waals surface area contributed by atoms with Crippen LogP contribution in [-0.2, 0) is 11.3 Å². The molecule has 2 aromatic rings. The van der Waals surface area contributed by atoms with Crippen LogP contribution in [0.1, 0.15) is 5.56 Å². The Morgan fingerprint density at radius 1 is 1.40 bits per heavy atom. The van der Waals surface area contributed by atoms with Crippen molar-refractivity contribution in [2.24, 2.45) is 0 Å². The van der Waals surface area contributed by atoms with Crippen molar-refractivity contribution >= 4 is 23.2 Å².